The van der Waals surface area contributed by atoms with Gasteiger partial charge in [-0.3, -0.25) is 9.59 Å². The van der Waals surface area contributed by atoms with Gasteiger partial charge in [0.25, 0.3) is 5.91 Å². The third kappa shape index (κ3) is 3.08. The van der Waals surface area contributed by atoms with Gasteiger partial charge in [0.15, 0.2) is 0 Å². The normalized spacial score (nSPS) is 18.3. The first kappa shape index (κ1) is 16.4. The predicted molar refractivity (Wildman–Crippen MR) is 97.4 cm³/mol. The minimum absolute atomic E-state index is 0.111. The highest BCUT2D eigenvalue weighted by molar-refractivity contribution is 6.00. The van der Waals surface area contributed by atoms with Crippen LogP contribution in [0, 0.1) is 0 Å². The molecule has 2 heterocycles. The van der Waals surface area contributed by atoms with Crippen molar-refractivity contribution in [2.75, 3.05) is 11.9 Å². The monoisotopic (exact) mass is 352 g/mol. The smallest absolute Gasteiger partial charge is 0.319 e. The van der Waals surface area contributed by atoms with Gasteiger partial charge >= 0.3 is 6.03 Å². The highest BCUT2D eigenvalue weighted by Gasteiger charge is 2.24. The van der Waals surface area contributed by atoms with E-state index in [0.717, 1.165) is 36.1 Å². The van der Waals surface area contributed by atoms with Crippen LogP contribution in [0.5, 0.6) is 0 Å². The number of amides is 3. The summed E-state index contributed by atoms with van der Waals surface area (Å²) in [7, 11) is 0. The Morgan fingerprint density at radius 2 is 2.00 bits per heavy atom. The standard InChI is InChI=1S/C19H20N4O3/c24-17-8-7-13-15(21-17)5-2-6-16(13)23-19(26)22-14-4-1-3-12-11(14)9-10-20-18(12)25/h1,3-4,7-8,16H,2,5-6,9-10H2,(H,20,25)(H,21,24)(H2,22,23,26). The van der Waals surface area contributed by atoms with Crippen LogP contribution >= 0.6 is 0 Å². The number of aryl methyl sites for hydroxylation is 1. The number of anilines is 1. The molecule has 0 fully saturated rings. The molecule has 2 aromatic rings. The number of hydrogen-bond donors (Lipinski definition) is 4. The number of H-pyrrole nitrogens is 1. The van der Waals surface area contributed by atoms with Crippen molar-refractivity contribution >= 4 is 17.6 Å². The molecule has 26 heavy (non-hydrogen) atoms. The Morgan fingerprint density at radius 3 is 2.88 bits per heavy atom. The molecular weight excluding hydrogens is 332 g/mol. The van der Waals surface area contributed by atoms with Crippen molar-refractivity contribution in [2.24, 2.45) is 0 Å². The van der Waals surface area contributed by atoms with Crippen molar-refractivity contribution in [3.05, 3.63) is 63.1 Å². The largest absolute Gasteiger partial charge is 0.352 e. The van der Waals surface area contributed by atoms with Crippen LogP contribution in [-0.2, 0) is 12.8 Å². The van der Waals surface area contributed by atoms with Crippen LogP contribution in [0.3, 0.4) is 0 Å². The van der Waals surface area contributed by atoms with Crippen LogP contribution in [0.1, 0.15) is 46.1 Å². The van der Waals surface area contributed by atoms with Crippen LogP contribution in [-0.4, -0.2) is 23.5 Å². The maximum absolute atomic E-state index is 12.5. The number of carbonyl (C=O) groups is 2. The van der Waals surface area contributed by atoms with E-state index in [2.05, 4.69) is 20.9 Å². The number of fused-ring (bicyclic) bond motifs is 2. The Morgan fingerprint density at radius 1 is 1.12 bits per heavy atom. The third-order valence-electron chi connectivity index (χ3n) is 4.97. The molecular formula is C19H20N4O3. The highest BCUT2D eigenvalue weighted by atomic mass is 16.2. The third-order valence-corrected chi connectivity index (χ3v) is 4.97. The Labute approximate surface area is 150 Å². The van der Waals surface area contributed by atoms with Gasteiger partial charge in [0.2, 0.25) is 5.56 Å². The molecule has 0 bridgehead atoms. The molecule has 1 aliphatic carbocycles. The SMILES string of the molecule is O=C(Nc1cccc2c1CCNC2=O)NC1CCCc2[nH]c(=O)ccc21. The molecule has 1 aromatic carbocycles. The summed E-state index contributed by atoms with van der Waals surface area (Å²) in [5, 5.41) is 8.67. The summed E-state index contributed by atoms with van der Waals surface area (Å²) in [6, 6.07) is 8.16. The fourth-order valence-corrected chi connectivity index (χ4v) is 3.75. The number of urea groups is 1. The molecule has 1 aromatic heterocycles. The summed E-state index contributed by atoms with van der Waals surface area (Å²) >= 11 is 0. The van der Waals surface area contributed by atoms with E-state index in [1.165, 1.54) is 6.07 Å². The van der Waals surface area contributed by atoms with Gasteiger partial charge in [-0.05, 0) is 55.0 Å². The van der Waals surface area contributed by atoms with Crippen molar-refractivity contribution in [1.82, 2.24) is 15.6 Å². The Hall–Kier alpha value is -3.09. The molecule has 0 saturated carbocycles. The summed E-state index contributed by atoms with van der Waals surface area (Å²) in [5.41, 5.74) is 3.85. The van der Waals surface area contributed by atoms with E-state index in [-0.39, 0.29) is 23.5 Å². The van der Waals surface area contributed by atoms with Crippen LogP contribution in [0.25, 0.3) is 0 Å². The van der Waals surface area contributed by atoms with E-state index in [4.69, 9.17) is 0 Å². The zero-order chi connectivity index (χ0) is 18.1. The van der Waals surface area contributed by atoms with E-state index in [0.29, 0.717) is 24.2 Å². The number of carbonyl (C=O) groups excluding carboxylic acids is 2. The Balaban J connectivity index is 1.52. The summed E-state index contributed by atoms with van der Waals surface area (Å²) in [6.45, 7) is 0.565. The van der Waals surface area contributed by atoms with Gasteiger partial charge in [-0.25, -0.2) is 4.79 Å². The summed E-state index contributed by atoms with van der Waals surface area (Å²) in [4.78, 5) is 38.8. The number of aromatic nitrogens is 1. The van der Waals surface area contributed by atoms with E-state index in [1.54, 1.807) is 18.2 Å². The minimum atomic E-state index is -0.312. The molecule has 1 unspecified atom stereocenters. The molecule has 2 aliphatic rings. The Bertz CT molecular complexity index is 935. The first-order chi connectivity index (χ1) is 12.6. The van der Waals surface area contributed by atoms with Gasteiger partial charge in [-0.1, -0.05) is 6.07 Å². The number of aromatic amines is 1. The summed E-state index contributed by atoms with van der Waals surface area (Å²) < 4.78 is 0. The molecule has 0 saturated heterocycles. The van der Waals surface area contributed by atoms with E-state index < -0.39 is 0 Å². The molecule has 0 radical (unpaired) electrons. The van der Waals surface area contributed by atoms with E-state index >= 15 is 0 Å². The van der Waals surface area contributed by atoms with Crippen LogP contribution in [0.4, 0.5) is 10.5 Å². The van der Waals surface area contributed by atoms with E-state index in [1.807, 2.05) is 6.07 Å². The lowest BCUT2D eigenvalue weighted by molar-refractivity contribution is 0.0946. The topological polar surface area (TPSA) is 103 Å². The first-order valence-corrected chi connectivity index (χ1v) is 8.81. The lowest BCUT2D eigenvalue weighted by Gasteiger charge is -2.26. The Kier molecular flexibility index (Phi) is 4.20. The molecule has 1 aliphatic heterocycles. The molecule has 4 rings (SSSR count). The second-order valence-electron chi connectivity index (χ2n) is 6.64. The van der Waals surface area contributed by atoms with Gasteiger partial charge < -0.3 is 20.9 Å². The number of benzene rings is 1. The molecule has 134 valence electrons. The van der Waals surface area contributed by atoms with E-state index in [9.17, 15) is 14.4 Å². The highest BCUT2D eigenvalue weighted by Crippen LogP contribution is 2.28. The van der Waals surface area contributed by atoms with Crippen molar-refractivity contribution in [2.45, 2.75) is 31.7 Å². The fraction of sp³-hybridized carbons (Fsp3) is 0.316. The van der Waals surface area contributed by atoms with Crippen molar-refractivity contribution < 1.29 is 9.59 Å². The van der Waals surface area contributed by atoms with Gasteiger partial charge in [0.05, 0.1) is 6.04 Å². The van der Waals surface area contributed by atoms with Crippen LogP contribution in [0.15, 0.2) is 35.1 Å². The zero-order valence-electron chi connectivity index (χ0n) is 14.2. The minimum Gasteiger partial charge on any atom is -0.352 e. The van der Waals surface area contributed by atoms with Gasteiger partial charge in [0, 0.05) is 29.6 Å². The average molecular weight is 352 g/mol. The quantitative estimate of drug-likeness (QED) is 0.663. The molecule has 0 spiro atoms. The number of nitrogens with one attached hydrogen (secondary N) is 4. The lowest BCUT2D eigenvalue weighted by Crippen LogP contribution is -2.36. The number of hydrogen-bond acceptors (Lipinski definition) is 3. The predicted octanol–water partition coefficient (Wildman–Crippen LogP) is 1.86. The van der Waals surface area contributed by atoms with Gasteiger partial charge in [-0.15, -0.1) is 0 Å². The summed E-state index contributed by atoms with van der Waals surface area (Å²) in [6.07, 6.45) is 3.22. The molecule has 3 amide bonds. The van der Waals surface area contributed by atoms with Crippen LogP contribution in [0.2, 0.25) is 0 Å². The fourth-order valence-electron chi connectivity index (χ4n) is 3.75. The van der Waals surface area contributed by atoms with Gasteiger partial charge in [0.1, 0.15) is 0 Å². The molecule has 7 heteroatoms. The first-order valence-electron chi connectivity index (χ1n) is 8.81. The second-order valence-corrected chi connectivity index (χ2v) is 6.64. The maximum atomic E-state index is 12.5. The number of rotatable bonds is 2. The summed E-state index contributed by atoms with van der Waals surface area (Å²) in [5.74, 6) is -0.111. The van der Waals surface area contributed by atoms with Crippen molar-refractivity contribution in [3.63, 3.8) is 0 Å². The maximum Gasteiger partial charge on any atom is 0.319 e. The zero-order valence-corrected chi connectivity index (χ0v) is 14.2. The molecule has 4 N–H and O–H groups in total. The van der Waals surface area contributed by atoms with Crippen molar-refractivity contribution in [1.29, 1.82) is 0 Å². The average Bonchev–Trinajstić information content (AvgIpc) is 2.62. The molecule has 7 nitrogen and oxygen atoms in total. The molecule has 1 atom stereocenters. The van der Waals surface area contributed by atoms with Gasteiger partial charge in [-0.2, -0.15) is 0 Å². The lowest BCUT2D eigenvalue weighted by atomic mass is 9.91. The van der Waals surface area contributed by atoms with Crippen molar-refractivity contribution in [3.8, 4) is 0 Å². The van der Waals surface area contributed by atoms with Crippen LogP contribution < -0.4 is 21.5 Å². The number of pyridine rings is 1. The second kappa shape index (κ2) is 6.67.